The average Bonchev–Trinajstić information content (AvgIpc) is 3.03. The maximum Gasteiger partial charge on any atom is 0.257 e. The predicted molar refractivity (Wildman–Crippen MR) is 89.8 cm³/mol. The maximum absolute atomic E-state index is 12.9. The van der Waals surface area contributed by atoms with Crippen LogP contribution in [0, 0.1) is 5.92 Å². The number of hydrogen-bond acceptors (Lipinski definition) is 6. The van der Waals surface area contributed by atoms with E-state index in [0.717, 1.165) is 0 Å². The molecule has 3 rings (SSSR count). The van der Waals surface area contributed by atoms with Crippen LogP contribution in [0.3, 0.4) is 0 Å². The number of carbonyl (C=O) groups is 1. The van der Waals surface area contributed by atoms with Gasteiger partial charge in [0.2, 0.25) is 22.6 Å². The Kier molecular flexibility index (Phi) is 4.54. The Balaban J connectivity index is 2.26. The van der Waals surface area contributed by atoms with Crippen LogP contribution in [-0.2, 0) is 16.4 Å². The summed E-state index contributed by atoms with van der Waals surface area (Å²) in [5, 5.41) is 0. The van der Waals surface area contributed by atoms with Crippen LogP contribution in [-0.4, -0.2) is 53.3 Å². The molecule has 0 bridgehead atoms. The van der Waals surface area contributed by atoms with Gasteiger partial charge in [-0.1, -0.05) is 13.8 Å². The molecule has 0 aromatic heterocycles. The van der Waals surface area contributed by atoms with E-state index in [1.165, 1.54) is 12.0 Å². The van der Waals surface area contributed by atoms with Gasteiger partial charge in [0.1, 0.15) is 4.90 Å². The Hall–Kier alpha value is -2.00. The normalized spacial score (nSPS) is 16.4. The zero-order chi connectivity index (χ0) is 18.4. The van der Waals surface area contributed by atoms with Crippen LogP contribution >= 0.6 is 0 Å². The lowest BCUT2D eigenvalue weighted by atomic mass is 9.97. The number of nitrogens with zero attached hydrogens (tertiary/aromatic N) is 1. The van der Waals surface area contributed by atoms with Crippen LogP contribution in [0.1, 0.15) is 29.8 Å². The highest BCUT2D eigenvalue weighted by molar-refractivity contribution is 7.89. The molecule has 2 heterocycles. The monoisotopic (exact) mass is 370 g/mol. The van der Waals surface area contributed by atoms with Crippen molar-refractivity contribution in [2.24, 2.45) is 5.92 Å². The molecular weight excluding hydrogens is 348 g/mol. The van der Waals surface area contributed by atoms with Crippen molar-refractivity contribution in [3.05, 3.63) is 11.1 Å². The van der Waals surface area contributed by atoms with Gasteiger partial charge in [0, 0.05) is 20.1 Å². The van der Waals surface area contributed by atoms with E-state index in [-0.39, 0.29) is 52.9 Å². The number of carbonyl (C=O) groups excluding carboxylic acids is 1. The van der Waals surface area contributed by atoms with E-state index in [0.29, 0.717) is 18.5 Å². The molecule has 1 N–H and O–H groups in total. The van der Waals surface area contributed by atoms with Crippen molar-refractivity contribution in [1.82, 2.24) is 9.62 Å². The third-order valence-electron chi connectivity index (χ3n) is 4.24. The van der Waals surface area contributed by atoms with E-state index >= 15 is 0 Å². The second-order valence-corrected chi connectivity index (χ2v) is 8.21. The number of rotatable bonds is 5. The summed E-state index contributed by atoms with van der Waals surface area (Å²) in [4.78, 5) is 14.2. The summed E-state index contributed by atoms with van der Waals surface area (Å²) < 4.78 is 44.7. The zero-order valence-electron chi connectivity index (χ0n) is 14.7. The topological polar surface area (TPSA) is 94.2 Å². The third kappa shape index (κ3) is 2.91. The third-order valence-corrected chi connectivity index (χ3v) is 5.76. The molecule has 0 fully saturated rings. The van der Waals surface area contributed by atoms with E-state index in [1.807, 2.05) is 13.8 Å². The Morgan fingerprint density at radius 3 is 2.60 bits per heavy atom. The van der Waals surface area contributed by atoms with Gasteiger partial charge in [0.15, 0.2) is 11.5 Å². The van der Waals surface area contributed by atoms with Crippen molar-refractivity contribution in [3.8, 4) is 17.2 Å². The van der Waals surface area contributed by atoms with Gasteiger partial charge in [-0.3, -0.25) is 4.79 Å². The van der Waals surface area contributed by atoms with E-state index in [4.69, 9.17) is 14.2 Å². The van der Waals surface area contributed by atoms with Crippen LogP contribution in [0.25, 0.3) is 0 Å². The number of likely N-dealkylation sites (N-methyl/N-ethyl adjacent to an activating group) is 1. The first-order valence-corrected chi connectivity index (χ1v) is 9.53. The molecule has 0 saturated carbocycles. The number of amides is 1. The summed E-state index contributed by atoms with van der Waals surface area (Å²) in [6.07, 6.45) is 0.391. The quantitative estimate of drug-likeness (QED) is 0.831. The molecule has 138 valence electrons. The summed E-state index contributed by atoms with van der Waals surface area (Å²) in [6, 6.07) is 0. The molecule has 0 unspecified atom stereocenters. The molecule has 9 heteroatoms. The number of fused-ring (bicyclic) bond motifs is 2. The fraction of sp³-hybridized carbons (Fsp3) is 0.562. The predicted octanol–water partition coefficient (Wildman–Crippen LogP) is 0.986. The summed E-state index contributed by atoms with van der Waals surface area (Å²) in [6.45, 7) is 4.41. The molecule has 0 aliphatic carbocycles. The van der Waals surface area contributed by atoms with E-state index in [1.54, 1.807) is 7.05 Å². The summed E-state index contributed by atoms with van der Waals surface area (Å²) in [5.41, 5.74) is 0.644. The molecule has 0 spiro atoms. The average molecular weight is 370 g/mol. The van der Waals surface area contributed by atoms with Gasteiger partial charge < -0.3 is 19.1 Å². The minimum Gasteiger partial charge on any atom is -0.492 e. The lowest BCUT2D eigenvalue weighted by molar-refractivity contribution is 0.0775. The minimum absolute atomic E-state index is 0.0158. The number of methoxy groups -OCH3 is 1. The van der Waals surface area contributed by atoms with Gasteiger partial charge in [-0.25, -0.2) is 13.1 Å². The van der Waals surface area contributed by atoms with Gasteiger partial charge in [0.05, 0.1) is 12.7 Å². The van der Waals surface area contributed by atoms with Crippen LogP contribution in [0.5, 0.6) is 17.2 Å². The van der Waals surface area contributed by atoms with E-state index in [9.17, 15) is 13.2 Å². The molecule has 0 atom stereocenters. The zero-order valence-corrected chi connectivity index (χ0v) is 15.5. The molecule has 2 aliphatic rings. The van der Waals surface area contributed by atoms with Crippen molar-refractivity contribution in [2.75, 3.05) is 34.0 Å². The van der Waals surface area contributed by atoms with E-state index < -0.39 is 10.0 Å². The van der Waals surface area contributed by atoms with Gasteiger partial charge >= 0.3 is 0 Å². The Morgan fingerprint density at radius 2 is 1.96 bits per heavy atom. The smallest absolute Gasteiger partial charge is 0.257 e. The highest BCUT2D eigenvalue weighted by Gasteiger charge is 2.40. The standard InChI is InChI=1S/C16H22N2O6S/c1-9(2)7-17-25(20,21)15-10-5-6-18(3)16(19)11(10)12(22-4)13-14(15)24-8-23-13/h9,17H,5-8H2,1-4H3. The fourth-order valence-electron chi connectivity index (χ4n) is 2.98. The van der Waals surface area contributed by atoms with Gasteiger partial charge in [-0.2, -0.15) is 0 Å². The first-order chi connectivity index (χ1) is 11.8. The second kappa shape index (κ2) is 6.38. The van der Waals surface area contributed by atoms with Crippen molar-refractivity contribution in [2.45, 2.75) is 25.2 Å². The Morgan fingerprint density at radius 1 is 1.28 bits per heavy atom. The fourth-order valence-corrected chi connectivity index (χ4v) is 4.60. The lowest BCUT2D eigenvalue weighted by Crippen LogP contribution is -2.37. The number of hydrogen-bond donors (Lipinski definition) is 1. The molecule has 1 amide bonds. The largest absolute Gasteiger partial charge is 0.492 e. The van der Waals surface area contributed by atoms with Gasteiger partial charge in [-0.15, -0.1) is 0 Å². The van der Waals surface area contributed by atoms with Crippen molar-refractivity contribution >= 4 is 15.9 Å². The lowest BCUT2D eigenvalue weighted by Gasteiger charge is -2.28. The molecule has 1 aromatic carbocycles. The van der Waals surface area contributed by atoms with Crippen LogP contribution in [0.2, 0.25) is 0 Å². The molecular formula is C16H22N2O6S. The van der Waals surface area contributed by atoms with Crippen molar-refractivity contribution < 1.29 is 27.4 Å². The first-order valence-electron chi connectivity index (χ1n) is 8.05. The second-order valence-electron chi connectivity index (χ2n) is 6.50. The number of benzene rings is 1. The van der Waals surface area contributed by atoms with Gasteiger partial charge in [0.25, 0.3) is 5.91 Å². The SMILES string of the molecule is COc1c2c(c(S(=O)(=O)NCC(C)C)c3c1C(=O)N(C)CC3)OCO2. The maximum atomic E-state index is 12.9. The molecule has 0 radical (unpaired) electrons. The first kappa shape index (κ1) is 17.8. The highest BCUT2D eigenvalue weighted by Crippen LogP contribution is 2.51. The number of ether oxygens (including phenoxy) is 3. The minimum atomic E-state index is -3.87. The van der Waals surface area contributed by atoms with Crippen LogP contribution in [0.15, 0.2) is 4.90 Å². The number of sulfonamides is 1. The molecule has 25 heavy (non-hydrogen) atoms. The molecule has 8 nitrogen and oxygen atoms in total. The van der Waals surface area contributed by atoms with Crippen LogP contribution in [0.4, 0.5) is 0 Å². The molecule has 1 aromatic rings. The number of nitrogens with one attached hydrogen (secondary N) is 1. The Bertz CT molecular complexity index is 819. The summed E-state index contributed by atoms with van der Waals surface area (Å²) in [7, 11) is -0.781. The van der Waals surface area contributed by atoms with E-state index in [2.05, 4.69) is 4.72 Å². The summed E-state index contributed by atoms with van der Waals surface area (Å²) >= 11 is 0. The Labute approximate surface area is 147 Å². The van der Waals surface area contributed by atoms with Crippen molar-refractivity contribution in [1.29, 1.82) is 0 Å². The van der Waals surface area contributed by atoms with Crippen LogP contribution < -0.4 is 18.9 Å². The molecule has 0 saturated heterocycles. The van der Waals surface area contributed by atoms with Crippen molar-refractivity contribution in [3.63, 3.8) is 0 Å². The van der Waals surface area contributed by atoms with Gasteiger partial charge in [-0.05, 0) is 17.9 Å². The molecule has 2 aliphatic heterocycles. The summed E-state index contributed by atoms with van der Waals surface area (Å²) in [5.74, 6) is 0.347. The highest BCUT2D eigenvalue weighted by atomic mass is 32.2.